The Morgan fingerprint density at radius 1 is 1.42 bits per heavy atom. The van der Waals surface area contributed by atoms with Crippen molar-refractivity contribution in [2.45, 2.75) is 19.8 Å². The number of ether oxygens (including phenoxy) is 1. The van der Waals surface area contributed by atoms with Crippen molar-refractivity contribution < 1.29 is 22.7 Å². The molecule has 0 saturated carbocycles. The highest BCUT2D eigenvalue weighted by Crippen LogP contribution is 2.20. The second-order valence-electron chi connectivity index (χ2n) is 6.15. The van der Waals surface area contributed by atoms with Gasteiger partial charge in [-0.15, -0.1) is 25.6 Å². The quantitative estimate of drug-likeness (QED) is 0.740. The maximum Gasteiger partial charge on any atom is 0.522 e. The van der Waals surface area contributed by atoms with Crippen LogP contribution in [-0.4, -0.2) is 48.3 Å². The van der Waals surface area contributed by atoms with Crippen LogP contribution in [0.25, 0.3) is 10.9 Å². The number of halogens is 4. The third kappa shape index (κ3) is 5.09. The summed E-state index contributed by atoms with van der Waals surface area (Å²) in [4.78, 5) is 12.2. The van der Waals surface area contributed by atoms with E-state index in [-0.39, 0.29) is 19.0 Å². The first-order valence-corrected chi connectivity index (χ1v) is 7.99. The first kappa shape index (κ1) is 20.5. The number of fused-ring (bicyclic) bond motifs is 1. The van der Waals surface area contributed by atoms with Gasteiger partial charge < -0.3 is 10.6 Å². The van der Waals surface area contributed by atoms with E-state index >= 15 is 0 Å². The monoisotopic (exact) mass is 392 g/mol. The van der Waals surface area contributed by atoms with Crippen LogP contribution in [0, 0.1) is 12.8 Å². The zero-order valence-electron chi connectivity index (χ0n) is 14.1. The molecule has 0 radical (unpaired) electrons. The Labute approximate surface area is 154 Å². The number of rotatable bonds is 6. The molecule has 1 aliphatic heterocycles. The van der Waals surface area contributed by atoms with Crippen LogP contribution in [0.15, 0.2) is 18.3 Å². The number of carbonyl (C=O) groups excluding carboxylic acids is 1. The lowest BCUT2D eigenvalue weighted by atomic mass is 10.0. The molecule has 3 rings (SSSR count). The average molecular weight is 393 g/mol. The summed E-state index contributed by atoms with van der Waals surface area (Å²) in [5, 5.41) is 11.0. The minimum Gasteiger partial charge on any atom is -0.350 e. The molecule has 1 aromatic carbocycles. The van der Waals surface area contributed by atoms with Crippen LogP contribution in [0.3, 0.4) is 0 Å². The molecule has 1 aromatic heterocycles. The van der Waals surface area contributed by atoms with Crippen LogP contribution in [-0.2, 0) is 11.3 Å². The van der Waals surface area contributed by atoms with Crippen molar-refractivity contribution >= 4 is 29.2 Å². The SMILES string of the molecule is Cc1cc2nn(CC3CNC3)cc2cc1C(=O)NCCOC(F)(F)F.Cl. The van der Waals surface area contributed by atoms with Crippen LogP contribution in [0.1, 0.15) is 15.9 Å². The number of aryl methyl sites for hydroxylation is 1. The number of aromatic nitrogens is 2. The van der Waals surface area contributed by atoms with Crippen molar-refractivity contribution in [2.24, 2.45) is 5.92 Å². The second-order valence-corrected chi connectivity index (χ2v) is 6.15. The molecule has 2 heterocycles. The molecule has 1 saturated heterocycles. The highest BCUT2D eigenvalue weighted by Gasteiger charge is 2.28. The Hall–Kier alpha value is -1.84. The van der Waals surface area contributed by atoms with E-state index in [1.807, 2.05) is 16.9 Å². The number of hydrogen-bond donors (Lipinski definition) is 2. The molecule has 144 valence electrons. The molecule has 0 aliphatic carbocycles. The zero-order valence-corrected chi connectivity index (χ0v) is 14.9. The highest BCUT2D eigenvalue weighted by molar-refractivity contribution is 5.99. The van der Waals surface area contributed by atoms with E-state index < -0.39 is 18.9 Å². The van der Waals surface area contributed by atoms with Gasteiger partial charge in [0.1, 0.15) is 0 Å². The summed E-state index contributed by atoms with van der Waals surface area (Å²) in [6, 6.07) is 3.53. The fourth-order valence-corrected chi connectivity index (χ4v) is 2.73. The van der Waals surface area contributed by atoms with Crippen LogP contribution in [0.4, 0.5) is 13.2 Å². The van der Waals surface area contributed by atoms with Crippen molar-refractivity contribution in [1.29, 1.82) is 0 Å². The van der Waals surface area contributed by atoms with Crippen molar-refractivity contribution in [3.05, 3.63) is 29.5 Å². The van der Waals surface area contributed by atoms with Gasteiger partial charge in [-0.1, -0.05) is 0 Å². The largest absolute Gasteiger partial charge is 0.522 e. The fraction of sp³-hybridized carbons (Fsp3) is 0.500. The van der Waals surface area contributed by atoms with Gasteiger partial charge in [-0.25, -0.2) is 0 Å². The number of benzene rings is 1. The predicted octanol–water partition coefficient (Wildman–Crippen LogP) is 2.25. The minimum absolute atomic E-state index is 0. The van der Waals surface area contributed by atoms with Crippen molar-refractivity contribution in [3.8, 4) is 0 Å². The van der Waals surface area contributed by atoms with Gasteiger partial charge in [0.05, 0.1) is 12.1 Å². The molecule has 2 aromatic rings. The van der Waals surface area contributed by atoms with Crippen molar-refractivity contribution in [2.75, 3.05) is 26.2 Å². The van der Waals surface area contributed by atoms with Crippen LogP contribution >= 0.6 is 12.4 Å². The summed E-state index contributed by atoms with van der Waals surface area (Å²) in [5.74, 6) is 0.132. The molecule has 0 spiro atoms. The van der Waals surface area contributed by atoms with E-state index in [1.165, 1.54) is 0 Å². The smallest absolute Gasteiger partial charge is 0.350 e. The van der Waals surface area contributed by atoms with Crippen LogP contribution < -0.4 is 10.6 Å². The Morgan fingerprint density at radius 2 is 2.15 bits per heavy atom. The molecule has 1 aliphatic rings. The molecular weight excluding hydrogens is 373 g/mol. The minimum atomic E-state index is -4.69. The third-order valence-corrected chi connectivity index (χ3v) is 4.11. The molecule has 2 N–H and O–H groups in total. The number of nitrogens with one attached hydrogen (secondary N) is 2. The summed E-state index contributed by atoms with van der Waals surface area (Å²) in [5.41, 5.74) is 1.93. The van der Waals surface area contributed by atoms with Gasteiger partial charge in [0.15, 0.2) is 0 Å². The van der Waals surface area contributed by atoms with Crippen LogP contribution in [0.2, 0.25) is 0 Å². The lowest BCUT2D eigenvalue weighted by molar-refractivity contribution is -0.323. The van der Waals surface area contributed by atoms with Crippen molar-refractivity contribution in [1.82, 2.24) is 20.4 Å². The molecule has 0 unspecified atom stereocenters. The number of amides is 1. The molecule has 1 amide bonds. The lowest BCUT2D eigenvalue weighted by Crippen LogP contribution is -2.44. The summed E-state index contributed by atoms with van der Waals surface area (Å²) < 4.78 is 41.3. The summed E-state index contributed by atoms with van der Waals surface area (Å²) in [7, 11) is 0. The van der Waals surface area contributed by atoms with Gasteiger partial charge in [-0.3, -0.25) is 14.2 Å². The van der Waals surface area contributed by atoms with Gasteiger partial charge in [-0.05, 0) is 24.6 Å². The van der Waals surface area contributed by atoms with Gasteiger partial charge in [-0.2, -0.15) is 5.10 Å². The summed E-state index contributed by atoms with van der Waals surface area (Å²) in [6.45, 7) is 3.70. The summed E-state index contributed by atoms with van der Waals surface area (Å²) >= 11 is 0. The van der Waals surface area contributed by atoms with E-state index in [9.17, 15) is 18.0 Å². The molecule has 1 fully saturated rings. The Bertz CT molecular complexity index is 775. The van der Waals surface area contributed by atoms with Crippen LogP contribution in [0.5, 0.6) is 0 Å². The molecule has 0 bridgehead atoms. The van der Waals surface area contributed by atoms with E-state index in [1.54, 1.807) is 13.0 Å². The van der Waals surface area contributed by atoms with Crippen molar-refractivity contribution in [3.63, 3.8) is 0 Å². The van der Waals surface area contributed by atoms with Gasteiger partial charge >= 0.3 is 6.36 Å². The molecule has 6 nitrogen and oxygen atoms in total. The van der Waals surface area contributed by atoms with E-state index in [2.05, 4.69) is 20.5 Å². The lowest BCUT2D eigenvalue weighted by Gasteiger charge is -2.26. The summed E-state index contributed by atoms with van der Waals surface area (Å²) in [6.07, 6.45) is -2.80. The molecule has 26 heavy (non-hydrogen) atoms. The first-order chi connectivity index (χ1) is 11.8. The average Bonchev–Trinajstić information content (AvgIpc) is 2.87. The Balaban J connectivity index is 0.00000243. The number of hydrogen-bond acceptors (Lipinski definition) is 4. The number of alkyl halides is 3. The molecular formula is C16H20ClF3N4O2. The Morgan fingerprint density at radius 3 is 2.77 bits per heavy atom. The van der Waals surface area contributed by atoms with Gasteiger partial charge in [0, 0.05) is 49.2 Å². The maximum absolute atomic E-state index is 12.2. The second kappa shape index (κ2) is 8.24. The highest BCUT2D eigenvalue weighted by atomic mass is 35.5. The topological polar surface area (TPSA) is 68.2 Å². The van der Waals surface area contributed by atoms with E-state index in [0.29, 0.717) is 11.5 Å². The predicted molar refractivity (Wildman–Crippen MR) is 92.4 cm³/mol. The molecule has 10 heteroatoms. The first-order valence-electron chi connectivity index (χ1n) is 7.99. The Kier molecular flexibility index (Phi) is 6.48. The van der Waals surface area contributed by atoms with Gasteiger partial charge in [0.2, 0.25) is 0 Å². The zero-order chi connectivity index (χ0) is 18.0. The number of nitrogens with zero attached hydrogens (tertiary/aromatic N) is 2. The standard InChI is InChI=1S/C16H19F3N4O2.ClH/c1-10-4-14-12(9-23(22-14)8-11-6-20-7-11)5-13(10)15(24)21-2-3-25-16(17,18)19;/h4-5,9,11,20H,2-3,6-8H2,1H3,(H,21,24);1H. The van der Waals surface area contributed by atoms with E-state index in [4.69, 9.17) is 0 Å². The molecule has 0 atom stereocenters. The van der Waals surface area contributed by atoms with E-state index in [0.717, 1.165) is 36.1 Å². The third-order valence-electron chi connectivity index (χ3n) is 4.11. The van der Waals surface area contributed by atoms with Gasteiger partial charge in [0.25, 0.3) is 5.91 Å². The maximum atomic E-state index is 12.2. The fourth-order valence-electron chi connectivity index (χ4n) is 2.73. The number of carbonyl (C=O) groups is 1. The normalized spacial score (nSPS) is 14.8.